The molecule has 0 radical (unpaired) electrons. The minimum absolute atomic E-state index is 0.402. The van der Waals surface area contributed by atoms with E-state index in [9.17, 15) is 13.2 Å². The van der Waals surface area contributed by atoms with Crippen LogP contribution in [0.15, 0.2) is 0 Å². The van der Waals surface area contributed by atoms with Crippen LogP contribution >= 0.6 is 0 Å². The van der Waals surface area contributed by atoms with E-state index in [1.54, 1.807) is 0 Å². The first kappa shape index (κ1) is 9.47. The molecule has 0 aliphatic carbocycles. The molecule has 1 aliphatic heterocycles. The maximum absolute atomic E-state index is 10.9. The third kappa shape index (κ3) is 1.44. The van der Waals surface area contributed by atoms with Crippen LogP contribution in [0.1, 0.15) is 6.92 Å². The Bertz CT molecular complexity index is 295. The van der Waals surface area contributed by atoms with Crippen LogP contribution in [0, 0.1) is 5.92 Å². The number of hydrogen-bond donors (Lipinski definition) is 2. The van der Waals surface area contributed by atoms with Crippen molar-refractivity contribution in [3.05, 3.63) is 0 Å². The molecule has 0 aromatic heterocycles. The van der Waals surface area contributed by atoms with Gasteiger partial charge in [0.15, 0.2) is 9.84 Å². The molecule has 3 unspecified atom stereocenters. The SMILES string of the molecule is CC(O)C1C(=O)NC1S(C)(=O)=O. The molecule has 70 valence electrons. The molecule has 5 nitrogen and oxygen atoms in total. The molecule has 1 aliphatic rings. The van der Waals surface area contributed by atoms with E-state index in [2.05, 4.69) is 5.32 Å². The molecule has 0 saturated carbocycles. The second-order valence-corrected chi connectivity index (χ2v) is 5.19. The van der Waals surface area contributed by atoms with Crippen molar-refractivity contribution in [1.82, 2.24) is 5.32 Å². The highest BCUT2D eigenvalue weighted by atomic mass is 32.2. The molecule has 0 spiro atoms. The van der Waals surface area contributed by atoms with E-state index in [4.69, 9.17) is 5.11 Å². The Morgan fingerprint density at radius 1 is 1.58 bits per heavy atom. The third-order valence-corrected chi connectivity index (χ3v) is 3.23. The van der Waals surface area contributed by atoms with E-state index in [0.29, 0.717) is 0 Å². The molecule has 1 fully saturated rings. The largest absolute Gasteiger partial charge is 0.392 e. The van der Waals surface area contributed by atoms with Crippen molar-refractivity contribution in [3.8, 4) is 0 Å². The Kier molecular flexibility index (Phi) is 2.13. The number of carbonyl (C=O) groups excluding carboxylic acids is 1. The monoisotopic (exact) mass is 193 g/mol. The zero-order valence-corrected chi connectivity index (χ0v) is 7.63. The van der Waals surface area contributed by atoms with Gasteiger partial charge in [0, 0.05) is 6.26 Å². The van der Waals surface area contributed by atoms with Gasteiger partial charge in [0.1, 0.15) is 5.37 Å². The zero-order chi connectivity index (χ0) is 9.52. The molecule has 1 amide bonds. The fourth-order valence-electron chi connectivity index (χ4n) is 1.21. The smallest absolute Gasteiger partial charge is 0.229 e. The maximum Gasteiger partial charge on any atom is 0.229 e. The first-order valence-electron chi connectivity index (χ1n) is 3.51. The summed E-state index contributed by atoms with van der Waals surface area (Å²) in [7, 11) is -3.29. The van der Waals surface area contributed by atoms with E-state index in [0.717, 1.165) is 6.26 Å². The van der Waals surface area contributed by atoms with Gasteiger partial charge in [-0.3, -0.25) is 4.79 Å². The van der Waals surface area contributed by atoms with Gasteiger partial charge in [-0.05, 0) is 6.92 Å². The van der Waals surface area contributed by atoms with Gasteiger partial charge in [0.2, 0.25) is 5.91 Å². The minimum atomic E-state index is -3.29. The van der Waals surface area contributed by atoms with Crippen molar-refractivity contribution in [2.45, 2.75) is 18.4 Å². The van der Waals surface area contributed by atoms with Crippen LogP contribution in [-0.4, -0.2) is 37.2 Å². The molecule has 2 N–H and O–H groups in total. The third-order valence-electron chi connectivity index (χ3n) is 1.89. The van der Waals surface area contributed by atoms with Gasteiger partial charge in [-0.1, -0.05) is 0 Å². The Morgan fingerprint density at radius 3 is 2.25 bits per heavy atom. The van der Waals surface area contributed by atoms with Crippen LogP contribution in [0.2, 0.25) is 0 Å². The summed E-state index contributed by atoms with van der Waals surface area (Å²) in [6.07, 6.45) is 0.116. The van der Waals surface area contributed by atoms with E-state index >= 15 is 0 Å². The number of carbonyl (C=O) groups is 1. The van der Waals surface area contributed by atoms with Gasteiger partial charge in [0.25, 0.3) is 0 Å². The van der Waals surface area contributed by atoms with Crippen LogP contribution in [0.25, 0.3) is 0 Å². The number of aliphatic hydroxyl groups is 1. The van der Waals surface area contributed by atoms with Crippen LogP contribution in [0.5, 0.6) is 0 Å². The highest BCUT2D eigenvalue weighted by molar-refractivity contribution is 7.91. The van der Waals surface area contributed by atoms with Gasteiger partial charge >= 0.3 is 0 Å². The molecule has 1 heterocycles. The van der Waals surface area contributed by atoms with Gasteiger partial charge < -0.3 is 10.4 Å². The fourth-order valence-corrected chi connectivity index (χ4v) is 2.43. The topological polar surface area (TPSA) is 83.5 Å². The lowest BCUT2D eigenvalue weighted by Crippen LogP contribution is -2.64. The van der Waals surface area contributed by atoms with Gasteiger partial charge in [0.05, 0.1) is 12.0 Å². The molecule has 3 atom stereocenters. The lowest BCUT2D eigenvalue weighted by molar-refractivity contribution is -0.137. The van der Waals surface area contributed by atoms with Crippen LogP contribution < -0.4 is 5.32 Å². The van der Waals surface area contributed by atoms with Crippen LogP contribution in [0.4, 0.5) is 0 Å². The molecule has 12 heavy (non-hydrogen) atoms. The number of rotatable bonds is 2. The lowest BCUT2D eigenvalue weighted by Gasteiger charge is -2.36. The van der Waals surface area contributed by atoms with Crippen LogP contribution in [-0.2, 0) is 14.6 Å². The standard InChI is InChI=1S/C6H11NO4S/c1-3(8)4-5(9)7-6(4)12(2,10)11/h3-4,6,8H,1-2H3,(H,7,9). The second-order valence-electron chi connectivity index (χ2n) is 3.03. The summed E-state index contributed by atoms with van der Waals surface area (Å²) < 4.78 is 21.9. The summed E-state index contributed by atoms with van der Waals surface area (Å²) in [5.41, 5.74) is 0. The van der Waals surface area contributed by atoms with E-state index in [1.165, 1.54) is 6.92 Å². The number of nitrogens with one attached hydrogen (secondary N) is 1. The minimum Gasteiger partial charge on any atom is -0.392 e. The number of hydrogen-bond acceptors (Lipinski definition) is 4. The molecule has 0 aromatic rings. The normalized spacial score (nSPS) is 32.1. The fraction of sp³-hybridized carbons (Fsp3) is 0.833. The molecular weight excluding hydrogens is 182 g/mol. The Balaban J connectivity index is 2.81. The summed E-state index contributed by atoms with van der Waals surface area (Å²) in [4.78, 5) is 10.8. The molecule has 0 bridgehead atoms. The maximum atomic E-state index is 10.9. The average Bonchev–Trinajstić information content (AvgIpc) is 1.78. The molecule has 1 rings (SSSR count). The predicted molar refractivity (Wildman–Crippen MR) is 41.9 cm³/mol. The average molecular weight is 193 g/mol. The van der Waals surface area contributed by atoms with Gasteiger partial charge in [-0.15, -0.1) is 0 Å². The highest BCUT2D eigenvalue weighted by Crippen LogP contribution is 2.22. The number of β-lactam (4-membered cyclic amide) rings is 1. The Morgan fingerprint density at radius 2 is 2.08 bits per heavy atom. The highest BCUT2D eigenvalue weighted by Gasteiger charge is 2.48. The number of sulfone groups is 1. The van der Waals surface area contributed by atoms with E-state index in [-0.39, 0.29) is 0 Å². The lowest BCUT2D eigenvalue weighted by atomic mass is 9.96. The Labute approximate surface area is 70.7 Å². The van der Waals surface area contributed by atoms with Crippen LogP contribution in [0.3, 0.4) is 0 Å². The van der Waals surface area contributed by atoms with Crippen molar-refractivity contribution < 1.29 is 18.3 Å². The summed E-state index contributed by atoms with van der Waals surface area (Å²) in [5.74, 6) is -1.21. The summed E-state index contributed by atoms with van der Waals surface area (Å²) in [5, 5.41) is 10.4. The van der Waals surface area contributed by atoms with Crippen molar-refractivity contribution in [3.63, 3.8) is 0 Å². The molecule has 1 saturated heterocycles. The number of amides is 1. The molecule has 0 aromatic carbocycles. The quantitative estimate of drug-likeness (QED) is 0.522. The van der Waals surface area contributed by atoms with Gasteiger partial charge in [-0.2, -0.15) is 0 Å². The van der Waals surface area contributed by atoms with Crippen molar-refractivity contribution in [1.29, 1.82) is 0 Å². The second kappa shape index (κ2) is 2.70. The zero-order valence-electron chi connectivity index (χ0n) is 6.81. The molecule has 6 heteroatoms. The first-order chi connectivity index (χ1) is 5.34. The van der Waals surface area contributed by atoms with Crippen molar-refractivity contribution in [2.24, 2.45) is 5.92 Å². The van der Waals surface area contributed by atoms with Gasteiger partial charge in [-0.25, -0.2) is 8.42 Å². The Hall–Kier alpha value is -0.620. The predicted octanol–water partition coefficient (Wildman–Crippen LogP) is -1.52. The molecular formula is C6H11NO4S. The summed E-state index contributed by atoms with van der Waals surface area (Å²) in [6, 6.07) is 0. The first-order valence-corrected chi connectivity index (χ1v) is 5.47. The van der Waals surface area contributed by atoms with Crippen molar-refractivity contribution in [2.75, 3.05) is 6.26 Å². The summed E-state index contributed by atoms with van der Waals surface area (Å²) in [6.45, 7) is 1.40. The van der Waals surface area contributed by atoms with Crippen molar-refractivity contribution >= 4 is 15.7 Å². The van der Waals surface area contributed by atoms with E-state index in [1.807, 2.05) is 0 Å². The van der Waals surface area contributed by atoms with E-state index < -0.39 is 33.1 Å². The number of aliphatic hydroxyl groups excluding tert-OH is 1. The summed E-state index contributed by atoms with van der Waals surface area (Å²) >= 11 is 0.